The van der Waals surface area contributed by atoms with Crippen LogP contribution >= 0.6 is 0 Å². The van der Waals surface area contributed by atoms with E-state index in [9.17, 15) is 0 Å². The van der Waals surface area contributed by atoms with Crippen molar-refractivity contribution in [2.75, 3.05) is 26.2 Å². The van der Waals surface area contributed by atoms with Crippen molar-refractivity contribution in [2.24, 2.45) is 5.41 Å². The molecule has 2 rings (SSSR count). The van der Waals surface area contributed by atoms with E-state index in [2.05, 4.69) is 24.1 Å². The molecule has 1 aliphatic heterocycles. The third kappa shape index (κ3) is 5.22. The van der Waals surface area contributed by atoms with E-state index in [1.165, 1.54) is 71.0 Å². The molecule has 1 saturated heterocycles. The smallest absolute Gasteiger partial charge is 0.0431 e. The molecule has 1 atom stereocenters. The molecular weight excluding hydrogens is 260 g/mol. The van der Waals surface area contributed by atoms with Gasteiger partial charge in [-0.1, -0.05) is 33.1 Å². The Morgan fingerprint density at radius 3 is 2.62 bits per heavy atom. The minimum Gasteiger partial charge on any atom is -0.396 e. The van der Waals surface area contributed by atoms with E-state index < -0.39 is 0 Å². The molecule has 1 aliphatic carbocycles. The predicted octanol–water partition coefficient (Wildman–Crippen LogP) is 3.17. The number of nitrogens with zero attached hydrogens (tertiary/aromatic N) is 1. The van der Waals surface area contributed by atoms with Crippen LogP contribution < -0.4 is 5.32 Å². The highest BCUT2D eigenvalue weighted by Crippen LogP contribution is 2.38. The summed E-state index contributed by atoms with van der Waals surface area (Å²) in [5.74, 6) is 0. The van der Waals surface area contributed by atoms with Crippen molar-refractivity contribution in [1.82, 2.24) is 10.2 Å². The lowest BCUT2D eigenvalue weighted by atomic mass is 9.73. The first kappa shape index (κ1) is 17.2. The van der Waals surface area contributed by atoms with Crippen LogP contribution in [0.25, 0.3) is 0 Å². The zero-order valence-electron chi connectivity index (χ0n) is 14.2. The van der Waals surface area contributed by atoms with Crippen LogP contribution in [0.15, 0.2) is 0 Å². The van der Waals surface area contributed by atoms with Crippen LogP contribution in [-0.4, -0.2) is 48.3 Å². The van der Waals surface area contributed by atoms with Crippen LogP contribution in [0.4, 0.5) is 0 Å². The fourth-order valence-corrected chi connectivity index (χ4v) is 4.30. The van der Waals surface area contributed by atoms with Crippen molar-refractivity contribution in [1.29, 1.82) is 0 Å². The first-order valence-electron chi connectivity index (χ1n) is 9.23. The molecule has 0 aromatic rings. The van der Waals surface area contributed by atoms with E-state index in [-0.39, 0.29) is 0 Å². The maximum absolute atomic E-state index is 9.10. The van der Waals surface area contributed by atoms with Crippen molar-refractivity contribution in [3.8, 4) is 0 Å². The standard InChI is InChI=1S/C18H36N2O/c1-16(2)19-14-18(10-4-3-5-11-18)15-20-12-6-8-17(20)9-7-13-21/h16-17,19,21H,3-15H2,1-2H3. The summed E-state index contributed by atoms with van der Waals surface area (Å²) in [7, 11) is 0. The number of nitrogens with one attached hydrogen (secondary N) is 1. The Balaban J connectivity index is 1.93. The van der Waals surface area contributed by atoms with Gasteiger partial charge in [-0.05, 0) is 50.5 Å². The number of aliphatic hydroxyl groups excluding tert-OH is 1. The molecule has 0 radical (unpaired) electrons. The molecule has 2 N–H and O–H groups in total. The Bertz CT molecular complexity index is 287. The Labute approximate surface area is 131 Å². The van der Waals surface area contributed by atoms with E-state index >= 15 is 0 Å². The van der Waals surface area contributed by atoms with Gasteiger partial charge in [0.05, 0.1) is 0 Å². The van der Waals surface area contributed by atoms with E-state index in [0.29, 0.717) is 18.1 Å². The third-order valence-electron chi connectivity index (χ3n) is 5.53. The quantitative estimate of drug-likeness (QED) is 0.722. The van der Waals surface area contributed by atoms with Crippen LogP contribution in [0.5, 0.6) is 0 Å². The number of rotatable bonds is 8. The fraction of sp³-hybridized carbons (Fsp3) is 1.00. The molecule has 0 bridgehead atoms. The molecule has 0 spiro atoms. The number of aliphatic hydroxyl groups is 1. The SMILES string of the molecule is CC(C)NCC1(CN2CCCC2CCCO)CCCCC1. The second kappa shape index (κ2) is 8.50. The largest absolute Gasteiger partial charge is 0.396 e. The first-order valence-corrected chi connectivity index (χ1v) is 9.23. The van der Waals surface area contributed by atoms with Gasteiger partial charge >= 0.3 is 0 Å². The first-order chi connectivity index (χ1) is 10.2. The minimum absolute atomic E-state index is 0.352. The zero-order chi connectivity index (χ0) is 15.1. The molecule has 1 saturated carbocycles. The number of hydrogen-bond donors (Lipinski definition) is 2. The third-order valence-corrected chi connectivity index (χ3v) is 5.53. The van der Waals surface area contributed by atoms with Crippen molar-refractivity contribution < 1.29 is 5.11 Å². The second-order valence-electron chi connectivity index (χ2n) is 7.73. The zero-order valence-corrected chi connectivity index (χ0v) is 14.2. The van der Waals surface area contributed by atoms with Crippen LogP contribution in [0.2, 0.25) is 0 Å². The lowest BCUT2D eigenvalue weighted by molar-refractivity contribution is 0.0881. The Kier molecular flexibility index (Phi) is 6.97. The van der Waals surface area contributed by atoms with Crippen molar-refractivity contribution >= 4 is 0 Å². The molecule has 0 aromatic carbocycles. The Hall–Kier alpha value is -0.120. The van der Waals surface area contributed by atoms with Crippen molar-refractivity contribution in [2.45, 2.75) is 83.7 Å². The lowest BCUT2D eigenvalue weighted by Crippen LogP contribution is -2.48. The summed E-state index contributed by atoms with van der Waals surface area (Å²) in [6.07, 6.45) is 11.9. The van der Waals surface area contributed by atoms with Gasteiger partial charge < -0.3 is 10.4 Å². The molecule has 0 aromatic heterocycles. The van der Waals surface area contributed by atoms with Crippen LogP contribution in [0.1, 0.15) is 71.6 Å². The number of hydrogen-bond acceptors (Lipinski definition) is 3. The molecule has 21 heavy (non-hydrogen) atoms. The van der Waals surface area contributed by atoms with E-state index in [4.69, 9.17) is 5.11 Å². The monoisotopic (exact) mass is 296 g/mol. The van der Waals surface area contributed by atoms with Gasteiger partial charge in [0.15, 0.2) is 0 Å². The van der Waals surface area contributed by atoms with E-state index in [1.807, 2.05) is 0 Å². The second-order valence-corrected chi connectivity index (χ2v) is 7.73. The summed E-state index contributed by atoms with van der Waals surface area (Å²) in [5.41, 5.74) is 0.504. The molecule has 2 fully saturated rings. The topological polar surface area (TPSA) is 35.5 Å². The highest BCUT2D eigenvalue weighted by molar-refractivity contribution is 4.91. The minimum atomic E-state index is 0.352. The summed E-state index contributed by atoms with van der Waals surface area (Å²) in [6.45, 7) is 8.62. The molecule has 3 nitrogen and oxygen atoms in total. The predicted molar refractivity (Wildman–Crippen MR) is 89.6 cm³/mol. The van der Waals surface area contributed by atoms with Gasteiger partial charge in [-0.15, -0.1) is 0 Å². The average Bonchev–Trinajstić information content (AvgIpc) is 2.91. The van der Waals surface area contributed by atoms with Gasteiger partial charge in [-0.2, -0.15) is 0 Å². The number of likely N-dealkylation sites (tertiary alicyclic amines) is 1. The summed E-state index contributed by atoms with van der Waals surface area (Å²) in [5, 5.41) is 12.8. The van der Waals surface area contributed by atoms with Crippen LogP contribution in [-0.2, 0) is 0 Å². The summed E-state index contributed by atoms with van der Waals surface area (Å²) >= 11 is 0. The Morgan fingerprint density at radius 2 is 1.95 bits per heavy atom. The van der Waals surface area contributed by atoms with Crippen molar-refractivity contribution in [3.63, 3.8) is 0 Å². The van der Waals surface area contributed by atoms with E-state index in [1.54, 1.807) is 0 Å². The van der Waals surface area contributed by atoms with Gasteiger partial charge in [0.2, 0.25) is 0 Å². The van der Waals surface area contributed by atoms with Gasteiger partial charge in [0, 0.05) is 31.8 Å². The summed E-state index contributed by atoms with van der Waals surface area (Å²) in [4.78, 5) is 2.75. The van der Waals surface area contributed by atoms with Gasteiger partial charge in [-0.3, -0.25) is 4.90 Å². The molecular formula is C18H36N2O. The van der Waals surface area contributed by atoms with Crippen molar-refractivity contribution in [3.05, 3.63) is 0 Å². The Morgan fingerprint density at radius 1 is 1.19 bits per heavy atom. The fourth-order valence-electron chi connectivity index (χ4n) is 4.30. The molecule has 1 unspecified atom stereocenters. The van der Waals surface area contributed by atoms with Gasteiger partial charge in [-0.25, -0.2) is 0 Å². The van der Waals surface area contributed by atoms with Crippen LogP contribution in [0, 0.1) is 5.41 Å². The summed E-state index contributed by atoms with van der Waals surface area (Å²) in [6, 6.07) is 1.32. The normalized spacial score (nSPS) is 26.6. The molecule has 1 heterocycles. The van der Waals surface area contributed by atoms with E-state index in [0.717, 1.165) is 12.5 Å². The maximum atomic E-state index is 9.10. The molecule has 0 amide bonds. The molecule has 2 aliphatic rings. The highest BCUT2D eigenvalue weighted by atomic mass is 16.2. The van der Waals surface area contributed by atoms with Gasteiger partial charge in [0.25, 0.3) is 0 Å². The van der Waals surface area contributed by atoms with Gasteiger partial charge in [0.1, 0.15) is 0 Å². The maximum Gasteiger partial charge on any atom is 0.0431 e. The lowest BCUT2D eigenvalue weighted by Gasteiger charge is -2.42. The highest BCUT2D eigenvalue weighted by Gasteiger charge is 2.36. The summed E-state index contributed by atoms with van der Waals surface area (Å²) < 4.78 is 0. The van der Waals surface area contributed by atoms with Crippen LogP contribution in [0.3, 0.4) is 0 Å². The average molecular weight is 296 g/mol. The molecule has 3 heteroatoms. The molecule has 124 valence electrons.